The lowest BCUT2D eigenvalue weighted by molar-refractivity contribution is -0.296. The fourth-order valence-electron chi connectivity index (χ4n) is 1.57. The van der Waals surface area contributed by atoms with Crippen molar-refractivity contribution in [1.29, 1.82) is 0 Å². The van der Waals surface area contributed by atoms with Crippen LogP contribution < -0.4 is 5.14 Å². The van der Waals surface area contributed by atoms with Gasteiger partial charge in [-0.25, -0.2) is 13.6 Å². The van der Waals surface area contributed by atoms with E-state index < -0.39 is 46.3 Å². The molecule has 0 saturated heterocycles. The van der Waals surface area contributed by atoms with Crippen molar-refractivity contribution in [2.45, 2.75) is 24.6 Å². The zero-order chi connectivity index (χ0) is 11.2. The van der Waals surface area contributed by atoms with Crippen LogP contribution in [0.25, 0.3) is 0 Å². The molecule has 1 fully saturated rings. The van der Waals surface area contributed by atoms with Gasteiger partial charge in [0.05, 0.1) is 5.75 Å². The Morgan fingerprint density at radius 1 is 1.43 bits per heavy atom. The zero-order valence-corrected chi connectivity index (χ0v) is 7.90. The van der Waals surface area contributed by atoms with Gasteiger partial charge >= 0.3 is 6.18 Å². The first-order chi connectivity index (χ1) is 6.04. The lowest BCUT2D eigenvalue weighted by Gasteiger charge is -2.44. The predicted octanol–water partition coefficient (Wildman–Crippen LogP) is -0.0217. The Morgan fingerprint density at radius 3 is 2.14 bits per heavy atom. The van der Waals surface area contributed by atoms with Crippen LogP contribution in [0, 0.1) is 5.92 Å². The molecule has 0 aliphatic heterocycles. The summed E-state index contributed by atoms with van der Waals surface area (Å²) in [5.74, 6) is -1.21. The highest BCUT2D eigenvalue weighted by Crippen LogP contribution is 2.48. The number of sulfonamides is 1. The normalized spacial score (nSPS) is 33.9. The van der Waals surface area contributed by atoms with Gasteiger partial charge in [-0.1, -0.05) is 0 Å². The molecule has 1 aliphatic rings. The van der Waals surface area contributed by atoms with Gasteiger partial charge in [0.15, 0.2) is 5.60 Å². The number of alkyl halides is 3. The van der Waals surface area contributed by atoms with E-state index >= 15 is 0 Å². The van der Waals surface area contributed by atoms with E-state index in [9.17, 15) is 21.6 Å². The van der Waals surface area contributed by atoms with Crippen LogP contribution in [0.2, 0.25) is 0 Å². The molecule has 0 unspecified atom stereocenters. The Kier molecular flexibility index (Phi) is 2.58. The van der Waals surface area contributed by atoms with E-state index in [1.165, 1.54) is 0 Å². The van der Waals surface area contributed by atoms with Crippen molar-refractivity contribution in [3.63, 3.8) is 0 Å². The number of hydrogen-bond donors (Lipinski definition) is 2. The van der Waals surface area contributed by atoms with Crippen LogP contribution in [0.1, 0.15) is 12.8 Å². The Bertz CT molecular complexity index is 318. The van der Waals surface area contributed by atoms with Crippen molar-refractivity contribution in [3.05, 3.63) is 0 Å². The summed E-state index contributed by atoms with van der Waals surface area (Å²) in [6, 6.07) is 0. The first kappa shape index (κ1) is 11.7. The first-order valence-corrected chi connectivity index (χ1v) is 5.55. The largest absolute Gasteiger partial charge is 0.417 e. The average molecular weight is 233 g/mol. The highest BCUT2D eigenvalue weighted by molar-refractivity contribution is 7.89. The molecule has 0 spiro atoms. The average Bonchev–Trinajstić information content (AvgIpc) is 1.77. The summed E-state index contributed by atoms with van der Waals surface area (Å²) in [4.78, 5) is 0. The number of nitrogens with two attached hydrogens (primary N) is 1. The Balaban J connectivity index is 2.52. The van der Waals surface area contributed by atoms with Crippen molar-refractivity contribution >= 4 is 10.0 Å². The van der Waals surface area contributed by atoms with Crippen LogP contribution in [0.4, 0.5) is 13.2 Å². The summed E-state index contributed by atoms with van der Waals surface area (Å²) in [6.45, 7) is 0. The molecule has 14 heavy (non-hydrogen) atoms. The van der Waals surface area contributed by atoms with E-state index in [1.807, 2.05) is 0 Å². The molecular formula is C6H10F3NO3S. The van der Waals surface area contributed by atoms with Crippen LogP contribution in [0.5, 0.6) is 0 Å². The van der Waals surface area contributed by atoms with Crippen LogP contribution in [-0.4, -0.2) is 31.1 Å². The summed E-state index contributed by atoms with van der Waals surface area (Å²) in [7, 11) is -3.76. The van der Waals surface area contributed by atoms with Gasteiger partial charge in [-0.15, -0.1) is 0 Å². The number of halogens is 3. The second-order valence-electron chi connectivity index (χ2n) is 3.63. The van der Waals surface area contributed by atoms with Gasteiger partial charge in [-0.3, -0.25) is 0 Å². The smallest absolute Gasteiger partial charge is 0.380 e. The second-order valence-corrected chi connectivity index (χ2v) is 5.29. The Hall–Kier alpha value is -0.340. The minimum atomic E-state index is -4.69. The van der Waals surface area contributed by atoms with Gasteiger partial charge in [0.25, 0.3) is 0 Å². The number of aliphatic hydroxyl groups is 1. The topological polar surface area (TPSA) is 80.4 Å². The summed E-state index contributed by atoms with van der Waals surface area (Å²) in [5.41, 5.74) is -2.72. The maximum Gasteiger partial charge on any atom is 0.417 e. The van der Waals surface area contributed by atoms with Crippen molar-refractivity contribution in [2.24, 2.45) is 11.1 Å². The quantitative estimate of drug-likeness (QED) is 0.703. The van der Waals surface area contributed by atoms with E-state index in [0.717, 1.165) is 0 Å². The zero-order valence-electron chi connectivity index (χ0n) is 7.08. The maximum absolute atomic E-state index is 12.1. The molecule has 1 saturated carbocycles. The fourth-order valence-corrected chi connectivity index (χ4v) is 2.47. The molecular weight excluding hydrogens is 223 g/mol. The van der Waals surface area contributed by atoms with Gasteiger partial charge in [-0.2, -0.15) is 13.2 Å². The van der Waals surface area contributed by atoms with E-state index in [1.54, 1.807) is 0 Å². The predicted molar refractivity (Wildman–Crippen MR) is 41.7 cm³/mol. The van der Waals surface area contributed by atoms with E-state index in [0.29, 0.717) is 0 Å². The van der Waals surface area contributed by atoms with Gasteiger partial charge in [0.2, 0.25) is 10.0 Å². The van der Waals surface area contributed by atoms with Gasteiger partial charge < -0.3 is 5.11 Å². The van der Waals surface area contributed by atoms with E-state index in [4.69, 9.17) is 5.11 Å². The van der Waals surface area contributed by atoms with Crippen LogP contribution in [0.3, 0.4) is 0 Å². The lowest BCUT2D eigenvalue weighted by atomic mass is 9.71. The molecule has 8 heteroatoms. The molecule has 0 atom stereocenters. The van der Waals surface area contributed by atoms with Crippen LogP contribution >= 0.6 is 0 Å². The first-order valence-electron chi connectivity index (χ1n) is 3.83. The summed E-state index contributed by atoms with van der Waals surface area (Å²) < 4.78 is 57.2. The third kappa shape index (κ3) is 2.37. The monoisotopic (exact) mass is 233 g/mol. The van der Waals surface area contributed by atoms with Gasteiger partial charge in [-0.05, 0) is 18.8 Å². The third-order valence-corrected chi connectivity index (χ3v) is 3.18. The van der Waals surface area contributed by atoms with Crippen molar-refractivity contribution in [2.75, 3.05) is 5.75 Å². The minimum Gasteiger partial charge on any atom is -0.380 e. The SMILES string of the molecule is NS(=O)(=O)CC1CC(O)(C(F)(F)F)C1. The van der Waals surface area contributed by atoms with Crippen molar-refractivity contribution < 1.29 is 26.7 Å². The van der Waals surface area contributed by atoms with Crippen LogP contribution in [-0.2, 0) is 10.0 Å². The third-order valence-electron chi connectivity index (χ3n) is 2.25. The molecule has 1 rings (SSSR count). The molecule has 84 valence electrons. The molecule has 0 bridgehead atoms. The summed E-state index contributed by atoms with van der Waals surface area (Å²) in [6.07, 6.45) is -5.87. The van der Waals surface area contributed by atoms with Gasteiger partial charge in [0, 0.05) is 0 Å². The molecule has 0 aromatic heterocycles. The summed E-state index contributed by atoms with van der Waals surface area (Å²) >= 11 is 0. The molecule has 0 aromatic rings. The molecule has 4 nitrogen and oxygen atoms in total. The van der Waals surface area contributed by atoms with E-state index in [2.05, 4.69) is 5.14 Å². The molecule has 0 amide bonds. The molecule has 0 aromatic carbocycles. The lowest BCUT2D eigenvalue weighted by Crippen LogP contribution is -2.56. The number of primary sulfonamides is 1. The Labute approximate surface area is 78.9 Å². The standard InChI is InChI=1S/C6H10F3NO3S/c7-6(8,9)5(11)1-4(2-5)3-14(10,12)13/h4,11H,1-3H2,(H2,10,12,13). The maximum atomic E-state index is 12.1. The molecule has 0 heterocycles. The highest BCUT2D eigenvalue weighted by Gasteiger charge is 2.61. The second kappa shape index (κ2) is 3.07. The fraction of sp³-hybridized carbons (Fsp3) is 1.00. The molecule has 0 radical (unpaired) electrons. The van der Waals surface area contributed by atoms with Gasteiger partial charge in [0.1, 0.15) is 0 Å². The highest BCUT2D eigenvalue weighted by atomic mass is 32.2. The number of rotatable bonds is 2. The van der Waals surface area contributed by atoms with Crippen LogP contribution in [0.15, 0.2) is 0 Å². The minimum absolute atomic E-state index is 0.509. The summed E-state index contributed by atoms with van der Waals surface area (Å²) in [5, 5.41) is 13.6. The molecule has 1 aliphatic carbocycles. The van der Waals surface area contributed by atoms with Crippen molar-refractivity contribution in [1.82, 2.24) is 0 Å². The molecule has 3 N–H and O–H groups in total. The van der Waals surface area contributed by atoms with Crippen molar-refractivity contribution in [3.8, 4) is 0 Å². The number of hydrogen-bond acceptors (Lipinski definition) is 3. The van der Waals surface area contributed by atoms with E-state index in [-0.39, 0.29) is 0 Å². The Morgan fingerprint density at radius 2 is 1.86 bits per heavy atom.